The number of pyridine rings is 2. The van der Waals surface area contributed by atoms with E-state index < -0.39 is 0 Å². The number of likely N-dealkylation sites (tertiary alicyclic amines) is 2. The maximum absolute atomic E-state index is 13.3. The molecule has 4 rings (SSSR count). The topological polar surface area (TPSA) is 90.5 Å². The van der Waals surface area contributed by atoms with Crippen molar-refractivity contribution in [1.82, 2.24) is 30.4 Å². The molecule has 8 nitrogen and oxygen atoms in total. The molecule has 2 aliphatic rings. The fourth-order valence-electron chi connectivity index (χ4n) is 5.43. The zero-order valence-corrected chi connectivity index (χ0v) is 25.1. The van der Waals surface area contributed by atoms with E-state index in [0.29, 0.717) is 35.7 Å². The second kappa shape index (κ2) is 12.5. The van der Waals surface area contributed by atoms with E-state index in [2.05, 4.69) is 65.0 Å². The number of nitrogens with zero attached hydrogens (tertiary/aromatic N) is 4. The summed E-state index contributed by atoms with van der Waals surface area (Å²) in [5, 5.41) is 6.55. The van der Waals surface area contributed by atoms with Crippen molar-refractivity contribution >= 4 is 35.0 Å². The minimum Gasteiger partial charge on any atom is -0.350 e. The Kier molecular flexibility index (Phi) is 9.53. The van der Waals surface area contributed by atoms with Crippen LogP contribution in [0.2, 0.25) is 10.0 Å². The Labute approximate surface area is 241 Å². The first-order valence-corrected chi connectivity index (χ1v) is 14.6. The molecule has 0 spiro atoms. The summed E-state index contributed by atoms with van der Waals surface area (Å²) in [4.78, 5) is 39.7. The molecule has 1 unspecified atom stereocenters. The average Bonchev–Trinajstić information content (AvgIpc) is 3.37. The van der Waals surface area contributed by atoms with Crippen molar-refractivity contribution in [3.63, 3.8) is 0 Å². The molecule has 2 aromatic rings. The molecule has 39 heavy (non-hydrogen) atoms. The Morgan fingerprint density at radius 1 is 0.923 bits per heavy atom. The van der Waals surface area contributed by atoms with Gasteiger partial charge in [-0.1, -0.05) is 23.2 Å². The molecular formula is C29H40Cl2N6O2. The molecule has 2 aromatic heterocycles. The number of halogens is 2. The molecular weight excluding hydrogens is 535 g/mol. The van der Waals surface area contributed by atoms with Crippen molar-refractivity contribution in [1.29, 1.82) is 0 Å². The van der Waals surface area contributed by atoms with Crippen LogP contribution in [-0.4, -0.2) is 81.9 Å². The number of piperidine rings is 1. The highest BCUT2D eigenvalue weighted by Crippen LogP contribution is 2.36. The van der Waals surface area contributed by atoms with Crippen LogP contribution in [0.15, 0.2) is 24.5 Å². The zero-order valence-electron chi connectivity index (χ0n) is 23.6. The predicted octanol–water partition coefficient (Wildman–Crippen LogP) is 4.90. The molecule has 2 N–H and O–H groups in total. The number of carbonyl (C=O) groups excluding carboxylic acids is 2. The number of aromatic nitrogens is 2. The highest BCUT2D eigenvalue weighted by atomic mass is 35.5. The fourth-order valence-corrected chi connectivity index (χ4v) is 6.03. The van der Waals surface area contributed by atoms with Crippen LogP contribution >= 0.6 is 23.2 Å². The largest absolute Gasteiger partial charge is 0.350 e. The molecule has 0 bridgehead atoms. The van der Waals surface area contributed by atoms with E-state index in [4.69, 9.17) is 23.2 Å². The summed E-state index contributed by atoms with van der Waals surface area (Å²) < 4.78 is 0. The van der Waals surface area contributed by atoms with Gasteiger partial charge in [-0.3, -0.25) is 9.59 Å². The van der Waals surface area contributed by atoms with E-state index in [1.54, 1.807) is 12.1 Å². The van der Waals surface area contributed by atoms with Crippen LogP contribution < -0.4 is 10.6 Å². The van der Waals surface area contributed by atoms with Gasteiger partial charge >= 0.3 is 0 Å². The lowest BCUT2D eigenvalue weighted by Gasteiger charge is -2.41. The van der Waals surface area contributed by atoms with Gasteiger partial charge in [0.15, 0.2) is 0 Å². The minimum absolute atomic E-state index is 0.135. The van der Waals surface area contributed by atoms with Gasteiger partial charge in [0.2, 0.25) is 0 Å². The third kappa shape index (κ3) is 6.91. The van der Waals surface area contributed by atoms with Crippen LogP contribution in [0.25, 0.3) is 11.1 Å². The molecule has 4 heterocycles. The van der Waals surface area contributed by atoms with Gasteiger partial charge in [0.25, 0.3) is 11.8 Å². The molecule has 0 radical (unpaired) electrons. The maximum atomic E-state index is 13.3. The third-order valence-corrected chi connectivity index (χ3v) is 8.91. The van der Waals surface area contributed by atoms with E-state index in [1.165, 1.54) is 12.4 Å². The highest BCUT2D eigenvalue weighted by Gasteiger charge is 2.33. The molecule has 212 valence electrons. The summed E-state index contributed by atoms with van der Waals surface area (Å²) in [5.41, 5.74) is 0.991. The van der Waals surface area contributed by atoms with Gasteiger partial charge in [-0.15, -0.1) is 0 Å². The Hall–Kier alpha value is -2.26. The van der Waals surface area contributed by atoms with Crippen LogP contribution in [0.5, 0.6) is 0 Å². The second-order valence-electron chi connectivity index (χ2n) is 11.6. The SMILES string of the molecule is CC(C)N1CCC(C)(NC(=O)c2nccc(-c3ccnc(C(=O)NCC4CCN(C(C)C)C4)c3Cl)c2Cl)CC1. The second-order valence-corrected chi connectivity index (χ2v) is 12.4. The molecule has 0 saturated carbocycles. The van der Waals surface area contributed by atoms with Crippen molar-refractivity contribution in [2.24, 2.45) is 5.92 Å². The average molecular weight is 576 g/mol. The van der Waals surface area contributed by atoms with Crippen molar-refractivity contribution in [2.45, 2.75) is 71.5 Å². The van der Waals surface area contributed by atoms with Gasteiger partial charge in [0.1, 0.15) is 11.4 Å². The highest BCUT2D eigenvalue weighted by molar-refractivity contribution is 6.39. The quantitative estimate of drug-likeness (QED) is 0.466. The summed E-state index contributed by atoms with van der Waals surface area (Å²) in [6.07, 6.45) is 5.81. The van der Waals surface area contributed by atoms with Gasteiger partial charge in [-0.25, -0.2) is 9.97 Å². The Bertz CT molecular complexity index is 1200. The molecule has 0 aromatic carbocycles. The monoisotopic (exact) mass is 574 g/mol. The van der Waals surface area contributed by atoms with Crippen molar-refractivity contribution < 1.29 is 9.59 Å². The smallest absolute Gasteiger partial charge is 0.271 e. The molecule has 2 aliphatic heterocycles. The molecule has 1 atom stereocenters. The first-order chi connectivity index (χ1) is 18.5. The zero-order chi connectivity index (χ0) is 28.3. The standard InChI is InChI=1S/C29H40Cl2N6O2/c1-18(2)36-14-9-29(5,10-15-36)35-28(39)26-24(31)22(7-12-33-26)21-6-11-32-25(23(21)30)27(38)34-16-20-8-13-37(17-20)19(3)4/h6-7,11-12,18-20H,8-10,13-17H2,1-5H3,(H,34,38)(H,35,39). The first-order valence-electron chi connectivity index (χ1n) is 13.9. The Morgan fingerprint density at radius 2 is 1.46 bits per heavy atom. The first kappa shape index (κ1) is 29.7. The van der Waals surface area contributed by atoms with E-state index in [9.17, 15) is 9.59 Å². The molecule has 2 fully saturated rings. The lowest BCUT2D eigenvalue weighted by atomic mass is 9.88. The maximum Gasteiger partial charge on any atom is 0.271 e. The van der Waals surface area contributed by atoms with Gasteiger partial charge in [0.05, 0.1) is 10.0 Å². The van der Waals surface area contributed by atoms with Gasteiger partial charge in [0, 0.05) is 67.3 Å². The van der Waals surface area contributed by atoms with Crippen LogP contribution in [-0.2, 0) is 0 Å². The minimum atomic E-state index is -0.339. The van der Waals surface area contributed by atoms with Gasteiger partial charge in [-0.2, -0.15) is 0 Å². The number of hydrogen-bond donors (Lipinski definition) is 2. The summed E-state index contributed by atoms with van der Waals surface area (Å²) in [6, 6.07) is 4.37. The number of nitrogens with one attached hydrogen (secondary N) is 2. The van der Waals surface area contributed by atoms with E-state index in [1.807, 2.05) is 0 Å². The number of amides is 2. The van der Waals surface area contributed by atoms with E-state index in [-0.39, 0.29) is 38.8 Å². The number of hydrogen-bond acceptors (Lipinski definition) is 6. The number of carbonyl (C=O) groups is 2. The van der Waals surface area contributed by atoms with Gasteiger partial charge in [-0.05, 0) is 78.5 Å². The summed E-state index contributed by atoms with van der Waals surface area (Å²) >= 11 is 13.4. The molecule has 10 heteroatoms. The van der Waals surface area contributed by atoms with Crippen molar-refractivity contribution in [3.8, 4) is 11.1 Å². The van der Waals surface area contributed by atoms with E-state index >= 15 is 0 Å². The van der Waals surface area contributed by atoms with Crippen LogP contribution in [0.4, 0.5) is 0 Å². The number of rotatable bonds is 8. The van der Waals surface area contributed by atoms with Crippen molar-refractivity contribution in [2.75, 3.05) is 32.7 Å². The third-order valence-electron chi connectivity index (χ3n) is 8.14. The van der Waals surface area contributed by atoms with Crippen molar-refractivity contribution in [3.05, 3.63) is 46.0 Å². The van der Waals surface area contributed by atoms with Gasteiger partial charge < -0.3 is 20.4 Å². The normalized spacial score (nSPS) is 20.0. The van der Waals surface area contributed by atoms with Crippen LogP contribution in [0.1, 0.15) is 74.9 Å². The van der Waals surface area contributed by atoms with E-state index in [0.717, 1.165) is 45.4 Å². The Balaban J connectivity index is 1.47. The lowest BCUT2D eigenvalue weighted by Crippen LogP contribution is -2.54. The molecule has 0 aliphatic carbocycles. The predicted molar refractivity (Wildman–Crippen MR) is 156 cm³/mol. The summed E-state index contributed by atoms with van der Waals surface area (Å²) in [5.74, 6) is -0.250. The lowest BCUT2D eigenvalue weighted by molar-refractivity contribution is 0.0796. The Morgan fingerprint density at radius 3 is 1.97 bits per heavy atom. The van der Waals surface area contributed by atoms with Crippen LogP contribution in [0, 0.1) is 5.92 Å². The fraction of sp³-hybridized carbons (Fsp3) is 0.586. The molecule has 2 amide bonds. The summed E-state index contributed by atoms with van der Waals surface area (Å²) in [7, 11) is 0. The molecule has 2 saturated heterocycles. The summed E-state index contributed by atoms with van der Waals surface area (Å²) in [6.45, 7) is 15.2. The van der Waals surface area contributed by atoms with Crippen LogP contribution in [0.3, 0.4) is 0 Å².